The molecule has 0 heterocycles. The zero-order chi connectivity index (χ0) is 15.1. The first-order valence-corrected chi connectivity index (χ1v) is 7.74. The van der Waals surface area contributed by atoms with Gasteiger partial charge in [0.05, 0.1) is 0 Å². The first-order valence-electron chi connectivity index (χ1n) is 7.74. The lowest BCUT2D eigenvalue weighted by atomic mass is 9.67. The van der Waals surface area contributed by atoms with E-state index in [4.69, 9.17) is 14.6 Å². The maximum atomic E-state index is 11.1. The Kier molecular flexibility index (Phi) is 7.52. The summed E-state index contributed by atoms with van der Waals surface area (Å²) >= 11 is 0. The Bertz CT molecular complexity index is 292. The zero-order valence-corrected chi connectivity index (χ0v) is 13.3. The Hall–Kier alpha value is -0.610. The van der Waals surface area contributed by atoms with Gasteiger partial charge in [-0.1, -0.05) is 6.42 Å². The molecule has 4 nitrogen and oxygen atoms in total. The van der Waals surface area contributed by atoms with Crippen LogP contribution in [-0.4, -0.2) is 38.0 Å². The number of esters is 1. The molecule has 2 rings (SSSR count). The van der Waals surface area contributed by atoms with Gasteiger partial charge in [-0.05, 0) is 56.3 Å². The summed E-state index contributed by atoms with van der Waals surface area (Å²) in [5.41, 5.74) is 0. The number of carbonyl (C=O) groups excluding carboxylic acids is 1. The van der Waals surface area contributed by atoms with E-state index in [1.807, 2.05) is 0 Å². The molecule has 0 aromatic carbocycles. The Morgan fingerprint density at radius 1 is 1.20 bits per heavy atom. The number of hydrogen-bond acceptors (Lipinski definition) is 4. The van der Waals surface area contributed by atoms with Crippen molar-refractivity contribution in [2.45, 2.75) is 52.1 Å². The molecule has 0 aromatic heterocycles. The molecule has 0 amide bonds. The molecule has 2 aliphatic carbocycles. The normalized spacial score (nSPS) is 33.6. The largest absolute Gasteiger partial charge is 0.463 e. The summed E-state index contributed by atoms with van der Waals surface area (Å²) in [5, 5.41) is 7.00. The molecule has 2 aliphatic rings. The summed E-state index contributed by atoms with van der Waals surface area (Å²) in [6, 6.07) is 0. The molecule has 5 unspecified atom stereocenters. The summed E-state index contributed by atoms with van der Waals surface area (Å²) in [6.07, 6.45) is 6.47. The quantitative estimate of drug-likeness (QED) is 0.807. The van der Waals surface area contributed by atoms with Gasteiger partial charge >= 0.3 is 5.97 Å². The maximum absolute atomic E-state index is 11.1. The smallest absolute Gasteiger partial charge is 0.302 e. The highest BCUT2D eigenvalue weighted by Crippen LogP contribution is 2.49. The number of carbonyl (C=O) groups is 1. The topological polar surface area (TPSA) is 55.8 Å². The van der Waals surface area contributed by atoms with Crippen molar-refractivity contribution in [2.75, 3.05) is 20.8 Å². The summed E-state index contributed by atoms with van der Waals surface area (Å²) in [6.45, 7) is 4.48. The van der Waals surface area contributed by atoms with E-state index in [0.717, 1.165) is 31.5 Å². The Morgan fingerprint density at radius 2 is 1.85 bits per heavy atom. The molecule has 1 N–H and O–H groups in total. The number of aliphatic hydroxyl groups excluding tert-OH is 1. The van der Waals surface area contributed by atoms with Crippen molar-refractivity contribution in [1.29, 1.82) is 0 Å². The molecule has 0 aliphatic heterocycles. The van der Waals surface area contributed by atoms with Crippen LogP contribution in [0.1, 0.15) is 46.0 Å². The van der Waals surface area contributed by atoms with E-state index in [0.29, 0.717) is 5.92 Å². The molecular weight excluding hydrogens is 256 g/mol. The van der Waals surface area contributed by atoms with E-state index in [9.17, 15) is 4.79 Å². The van der Waals surface area contributed by atoms with Gasteiger partial charge in [-0.15, -0.1) is 0 Å². The molecule has 118 valence electrons. The Labute approximate surface area is 122 Å². The predicted octanol–water partition coefficient (Wildman–Crippen LogP) is 2.64. The lowest BCUT2D eigenvalue weighted by molar-refractivity contribution is -0.151. The van der Waals surface area contributed by atoms with Gasteiger partial charge in [0.15, 0.2) is 0 Å². The van der Waals surface area contributed by atoms with Crippen molar-refractivity contribution in [2.24, 2.45) is 23.7 Å². The van der Waals surface area contributed by atoms with E-state index in [-0.39, 0.29) is 12.1 Å². The summed E-state index contributed by atoms with van der Waals surface area (Å²) in [7, 11) is 2.80. The Balaban J connectivity index is 0.000000956. The van der Waals surface area contributed by atoms with Crippen LogP contribution in [0.5, 0.6) is 0 Å². The van der Waals surface area contributed by atoms with Crippen molar-refractivity contribution in [3.63, 3.8) is 0 Å². The van der Waals surface area contributed by atoms with E-state index in [1.165, 1.54) is 39.0 Å². The van der Waals surface area contributed by atoms with Crippen LogP contribution in [0.2, 0.25) is 0 Å². The fourth-order valence-electron chi connectivity index (χ4n) is 4.32. The number of hydrogen-bond donors (Lipinski definition) is 1. The van der Waals surface area contributed by atoms with E-state index in [1.54, 1.807) is 7.11 Å². The number of methoxy groups -OCH3 is 1. The van der Waals surface area contributed by atoms with Crippen molar-refractivity contribution in [1.82, 2.24) is 0 Å². The first-order chi connectivity index (χ1) is 9.63. The number of aliphatic hydroxyl groups is 1. The highest BCUT2D eigenvalue weighted by Gasteiger charge is 2.44. The molecule has 0 bridgehead atoms. The van der Waals surface area contributed by atoms with Gasteiger partial charge in [-0.25, -0.2) is 0 Å². The van der Waals surface area contributed by atoms with Gasteiger partial charge in [0.2, 0.25) is 0 Å². The standard InChI is InChI=1S/C15H26O3.CH4O/c1-10(18-11(2)16)13-8-7-12(9-17-3)14-5-4-6-15(13)14;1-2/h10,12-15H,4-9H2,1-3H3;2H,1H3. The van der Waals surface area contributed by atoms with Gasteiger partial charge in [0.1, 0.15) is 6.10 Å². The number of fused-ring (bicyclic) bond motifs is 1. The summed E-state index contributed by atoms with van der Waals surface area (Å²) in [4.78, 5) is 11.1. The molecule has 20 heavy (non-hydrogen) atoms. The second kappa shape index (κ2) is 8.63. The number of rotatable bonds is 4. The highest BCUT2D eigenvalue weighted by atomic mass is 16.5. The molecule has 2 fully saturated rings. The molecule has 5 atom stereocenters. The molecular formula is C16H30O4. The fourth-order valence-corrected chi connectivity index (χ4v) is 4.32. The molecule has 0 radical (unpaired) electrons. The van der Waals surface area contributed by atoms with Gasteiger partial charge in [-0.2, -0.15) is 0 Å². The van der Waals surface area contributed by atoms with E-state index < -0.39 is 0 Å². The highest BCUT2D eigenvalue weighted by molar-refractivity contribution is 5.66. The SMILES string of the molecule is CO.COCC1CCC(C(C)OC(C)=O)C2CCCC12. The average molecular weight is 286 g/mol. The summed E-state index contributed by atoms with van der Waals surface area (Å²) < 4.78 is 10.8. The van der Waals surface area contributed by atoms with Crippen LogP contribution in [0.3, 0.4) is 0 Å². The van der Waals surface area contributed by atoms with Crippen LogP contribution in [-0.2, 0) is 14.3 Å². The van der Waals surface area contributed by atoms with Gasteiger partial charge in [0, 0.05) is 27.8 Å². The van der Waals surface area contributed by atoms with Crippen LogP contribution in [0.25, 0.3) is 0 Å². The van der Waals surface area contributed by atoms with E-state index >= 15 is 0 Å². The third-order valence-corrected chi connectivity index (χ3v) is 4.99. The molecule has 0 saturated heterocycles. The lowest BCUT2D eigenvalue weighted by Crippen LogP contribution is -2.39. The third kappa shape index (κ3) is 4.19. The monoisotopic (exact) mass is 286 g/mol. The van der Waals surface area contributed by atoms with Crippen molar-refractivity contribution in [3.8, 4) is 0 Å². The maximum Gasteiger partial charge on any atom is 0.302 e. The Morgan fingerprint density at radius 3 is 2.45 bits per heavy atom. The van der Waals surface area contributed by atoms with Crippen molar-refractivity contribution in [3.05, 3.63) is 0 Å². The second-order valence-electron chi connectivity index (χ2n) is 6.03. The van der Waals surface area contributed by atoms with Gasteiger partial charge < -0.3 is 14.6 Å². The third-order valence-electron chi connectivity index (χ3n) is 4.99. The number of ether oxygens (including phenoxy) is 2. The van der Waals surface area contributed by atoms with Crippen molar-refractivity contribution < 1.29 is 19.4 Å². The average Bonchev–Trinajstić information content (AvgIpc) is 2.90. The zero-order valence-electron chi connectivity index (χ0n) is 13.3. The lowest BCUT2D eigenvalue weighted by Gasteiger charge is -2.41. The summed E-state index contributed by atoms with van der Waals surface area (Å²) in [5.74, 6) is 2.68. The minimum Gasteiger partial charge on any atom is -0.463 e. The predicted molar refractivity (Wildman–Crippen MR) is 78.3 cm³/mol. The van der Waals surface area contributed by atoms with Gasteiger partial charge in [0.25, 0.3) is 0 Å². The fraction of sp³-hybridized carbons (Fsp3) is 0.938. The molecule has 2 saturated carbocycles. The molecule has 0 aromatic rings. The van der Waals surface area contributed by atoms with Crippen molar-refractivity contribution >= 4 is 5.97 Å². The van der Waals surface area contributed by atoms with E-state index in [2.05, 4.69) is 6.92 Å². The molecule has 4 heteroatoms. The van der Waals surface area contributed by atoms with Crippen LogP contribution in [0.4, 0.5) is 0 Å². The van der Waals surface area contributed by atoms with Crippen LogP contribution < -0.4 is 0 Å². The van der Waals surface area contributed by atoms with Crippen LogP contribution in [0.15, 0.2) is 0 Å². The minimum absolute atomic E-state index is 0.0802. The van der Waals surface area contributed by atoms with Gasteiger partial charge in [-0.3, -0.25) is 4.79 Å². The molecule has 0 spiro atoms. The van der Waals surface area contributed by atoms with Crippen LogP contribution in [0, 0.1) is 23.7 Å². The first kappa shape index (κ1) is 17.4. The minimum atomic E-state index is -0.143. The van der Waals surface area contributed by atoms with Crippen LogP contribution >= 0.6 is 0 Å². The second-order valence-corrected chi connectivity index (χ2v) is 6.03.